The highest BCUT2D eigenvalue weighted by molar-refractivity contribution is 6.04. The number of nitrogens with one attached hydrogen (secondary N) is 1. The van der Waals surface area contributed by atoms with Gasteiger partial charge in [-0.2, -0.15) is 0 Å². The number of aromatic nitrogens is 1. The van der Waals surface area contributed by atoms with Gasteiger partial charge in [0.1, 0.15) is 5.75 Å². The number of rotatable bonds is 5. The highest BCUT2D eigenvalue weighted by atomic mass is 16.6. The Bertz CT molecular complexity index is 803. The van der Waals surface area contributed by atoms with E-state index in [2.05, 4.69) is 15.5 Å². The number of ether oxygens (including phenoxy) is 1. The molecule has 6 nitrogen and oxygen atoms in total. The van der Waals surface area contributed by atoms with Crippen molar-refractivity contribution in [2.45, 2.75) is 32.9 Å². The molecule has 2 aromatic rings. The van der Waals surface area contributed by atoms with Crippen LogP contribution in [0.1, 0.15) is 28.8 Å². The van der Waals surface area contributed by atoms with E-state index in [1.54, 1.807) is 13.3 Å². The number of benzene rings is 1. The van der Waals surface area contributed by atoms with E-state index in [1.165, 1.54) is 0 Å². The van der Waals surface area contributed by atoms with Gasteiger partial charge in [-0.25, -0.2) is 0 Å². The quantitative estimate of drug-likeness (QED) is 0.908. The van der Waals surface area contributed by atoms with E-state index < -0.39 is 6.10 Å². The van der Waals surface area contributed by atoms with E-state index in [0.717, 1.165) is 33.8 Å². The standard InChI is InChI=1S/C19H21N3O3/c1-12-10-20-16(13(2)18(12)24-3)11-21-19(23)17-9-15(22-25-17)14-7-5-4-6-8-14/h4-8,10,17H,9,11H2,1-3H3,(H,21,23). The van der Waals surface area contributed by atoms with Gasteiger partial charge in [-0.3, -0.25) is 9.78 Å². The average Bonchev–Trinajstić information content (AvgIpc) is 3.12. The molecule has 2 heterocycles. The predicted molar refractivity (Wildman–Crippen MR) is 94.6 cm³/mol. The summed E-state index contributed by atoms with van der Waals surface area (Å²) in [5, 5.41) is 6.91. The molecule has 0 radical (unpaired) electrons. The number of carbonyl (C=O) groups is 1. The number of methoxy groups -OCH3 is 1. The third kappa shape index (κ3) is 3.63. The van der Waals surface area contributed by atoms with Crippen molar-refractivity contribution < 1.29 is 14.4 Å². The SMILES string of the molecule is COc1c(C)cnc(CNC(=O)C2CC(c3ccccc3)=NO2)c1C. The van der Waals surface area contributed by atoms with Crippen LogP contribution in [0.15, 0.2) is 41.7 Å². The summed E-state index contributed by atoms with van der Waals surface area (Å²) in [6.07, 6.45) is 1.60. The summed E-state index contributed by atoms with van der Waals surface area (Å²) in [6, 6.07) is 9.72. The second-order valence-electron chi connectivity index (χ2n) is 5.97. The van der Waals surface area contributed by atoms with Crippen LogP contribution in [-0.2, 0) is 16.2 Å². The summed E-state index contributed by atoms with van der Waals surface area (Å²) >= 11 is 0. The summed E-state index contributed by atoms with van der Waals surface area (Å²) in [7, 11) is 1.63. The summed E-state index contributed by atoms with van der Waals surface area (Å²) in [4.78, 5) is 22.0. The van der Waals surface area contributed by atoms with Crippen molar-refractivity contribution in [3.05, 3.63) is 58.9 Å². The lowest BCUT2D eigenvalue weighted by atomic mass is 10.0. The van der Waals surface area contributed by atoms with Crippen LogP contribution in [0.3, 0.4) is 0 Å². The number of hydrogen-bond donors (Lipinski definition) is 1. The molecule has 6 heteroatoms. The smallest absolute Gasteiger partial charge is 0.264 e. The zero-order chi connectivity index (χ0) is 17.8. The lowest BCUT2D eigenvalue weighted by molar-refractivity contribution is -0.131. The molecule has 0 saturated carbocycles. The third-order valence-corrected chi connectivity index (χ3v) is 4.25. The first-order valence-electron chi connectivity index (χ1n) is 8.15. The Morgan fingerprint density at radius 1 is 1.32 bits per heavy atom. The van der Waals surface area contributed by atoms with Crippen molar-refractivity contribution >= 4 is 11.6 Å². The topological polar surface area (TPSA) is 72.8 Å². The fourth-order valence-corrected chi connectivity index (χ4v) is 2.85. The first-order chi connectivity index (χ1) is 12.1. The van der Waals surface area contributed by atoms with Crippen LogP contribution in [0.2, 0.25) is 0 Å². The van der Waals surface area contributed by atoms with E-state index in [-0.39, 0.29) is 5.91 Å². The van der Waals surface area contributed by atoms with Gasteiger partial charge >= 0.3 is 0 Å². The molecule has 0 bridgehead atoms. The van der Waals surface area contributed by atoms with Crippen molar-refractivity contribution in [3.8, 4) is 5.75 Å². The van der Waals surface area contributed by atoms with Crippen LogP contribution in [0.4, 0.5) is 0 Å². The first-order valence-corrected chi connectivity index (χ1v) is 8.15. The van der Waals surface area contributed by atoms with Crippen molar-refractivity contribution in [2.75, 3.05) is 7.11 Å². The fraction of sp³-hybridized carbons (Fsp3) is 0.316. The molecule has 0 spiro atoms. The average molecular weight is 339 g/mol. The van der Waals surface area contributed by atoms with E-state index in [9.17, 15) is 4.79 Å². The lowest BCUT2D eigenvalue weighted by Crippen LogP contribution is -2.34. The van der Waals surface area contributed by atoms with Gasteiger partial charge in [-0.15, -0.1) is 0 Å². The van der Waals surface area contributed by atoms with Crippen LogP contribution in [0.25, 0.3) is 0 Å². The molecule has 1 unspecified atom stereocenters. The first kappa shape index (κ1) is 17.0. The molecular formula is C19H21N3O3. The maximum atomic E-state index is 12.4. The van der Waals surface area contributed by atoms with Gasteiger partial charge in [0.05, 0.1) is 25.1 Å². The number of hydrogen-bond acceptors (Lipinski definition) is 5. The number of pyridine rings is 1. The summed E-state index contributed by atoms with van der Waals surface area (Å²) in [5.41, 5.74) is 4.43. The molecule has 1 amide bonds. The van der Waals surface area contributed by atoms with Gasteiger partial charge in [-0.1, -0.05) is 35.5 Å². The third-order valence-electron chi connectivity index (χ3n) is 4.25. The normalized spacial score (nSPS) is 16.1. The van der Waals surface area contributed by atoms with E-state index in [0.29, 0.717) is 13.0 Å². The molecule has 1 aromatic heterocycles. The Morgan fingerprint density at radius 2 is 2.08 bits per heavy atom. The monoisotopic (exact) mass is 339 g/mol. The van der Waals surface area contributed by atoms with Gasteiger partial charge in [0.15, 0.2) is 0 Å². The molecule has 1 aliphatic heterocycles. The fourth-order valence-electron chi connectivity index (χ4n) is 2.85. The van der Waals surface area contributed by atoms with Crippen molar-refractivity contribution in [2.24, 2.45) is 5.16 Å². The zero-order valence-corrected chi connectivity index (χ0v) is 14.6. The molecule has 0 fully saturated rings. The molecule has 1 atom stereocenters. The Morgan fingerprint density at radius 3 is 2.80 bits per heavy atom. The van der Waals surface area contributed by atoms with Crippen LogP contribution >= 0.6 is 0 Å². The number of aryl methyl sites for hydroxylation is 1. The van der Waals surface area contributed by atoms with Gasteiger partial charge in [0, 0.05) is 23.7 Å². The van der Waals surface area contributed by atoms with Crippen molar-refractivity contribution in [1.82, 2.24) is 10.3 Å². The Labute approximate surface area is 146 Å². The maximum Gasteiger partial charge on any atom is 0.264 e. The number of amides is 1. The van der Waals surface area contributed by atoms with Gasteiger partial charge in [0.2, 0.25) is 6.10 Å². The number of oxime groups is 1. The van der Waals surface area contributed by atoms with E-state index in [4.69, 9.17) is 9.57 Å². The van der Waals surface area contributed by atoms with Crippen molar-refractivity contribution in [3.63, 3.8) is 0 Å². The maximum absolute atomic E-state index is 12.4. The minimum atomic E-state index is -0.608. The molecule has 1 N–H and O–H groups in total. The molecular weight excluding hydrogens is 318 g/mol. The Kier molecular flexibility index (Phi) is 4.97. The predicted octanol–water partition coefficient (Wildman–Crippen LogP) is 2.52. The van der Waals surface area contributed by atoms with Gasteiger partial charge in [0.25, 0.3) is 5.91 Å². The zero-order valence-electron chi connectivity index (χ0n) is 14.6. The number of nitrogens with zero attached hydrogens (tertiary/aromatic N) is 2. The molecule has 1 aromatic carbocycles. The van der Waals surface area contributed by atoms with Gasteiger partial charge in [-0.05, 0) is 19.4 Å². The summed E-state index contributed by atoms with van der Waals surface area (Å²) < 4.78 is 5.39. The highest BCUT2D eigenvalue weighted by Gasteiger charge is 2.28. The van der Waals surface area contributed by atoms with E-state index in [1.807, 2.05) is 44.2 Å². The highest BCUT2D eigenvalue weighted by Crippen LogP contribution is 2.24. The molecule has 3 rings (SSSR count). The second kappa shape index (κ2) is 7.34. The van der Waals surface area contributed by atoms with Crippen LogP contribution < -0.4 is 10.1 Å². The van der Waals surface area contributed by atoms with Crippen LogP contribution in [-0.4, -0.2) is 29.8 Å². The van der Waals surface area contributed by atoms with Crippen LogP contribution in [0.5, 0.6) is 5.75 Å². The molecule has 25 heavy (non-hydrogen) atoms. The van der Waals surface area contributed by atoms with Gasteiger partial charge < -0.3 is 14.9 Å². The van der Waals surface area contributed by atoms with Crippen molar-refractivity contribution in [1.29, 1.82) is 0 Å². The molecule has 130 valence electrons. The lowest BCUT2D eigenvalue weighted by Gasteiger charge is -2.14. The van der Waals surface area contributed by atoms with Crippen LogP contribution in [0, 0.1) is 13.8 Å². The molecule has 0 saturated heterocycles. The summed E-state index contributed by atoms with van der Waals surface area (Å²) in [6.45, 7) is 4.20. The van der Waals surface area contributed by atoms with E-state index >= 15 is 0 Å². The Balaban J connectivity index is 1.60. The number of carbonyl (C=O) groups excluding carboxylic acids is 1. The minimum absolute atomic E-state index is 0.199. The summed E-state index contributed by atoms with van der Waals surface area (Å²) in [5.74, 6) is 0.599. The minimum Gasteiger partial charge on any atom is -0.496 e. The molecule has 0 aliphatic carbocycles. The molecule has 1 aliphatic rings. The Hall–Kier alpha value is -2.89. The largest absolute Gasteiger partial charge is 0.496 e. The second-order valence-corrected chi connectivity index (χ2v) is 5.97.